The molecular weight excluding hydrogens is 360 g/mol. The van der Waals surface area contributed by atoms with Crippen molar-refractivity contribution in [3.8, 4) is 11.1 Å². The molecule has 0 fully saturated rings. The van der Waals surface area contributed by atoms with Crippen LogP contribution in [0.3, 0.4) is 0 Å². The van der Waals surface area contributed by atoms with E-state index in [-0.39, 0.29) is 5.91 Å². The molecule has 3 heterocycles. The van der Waals surface area contributed by atoms with Gasteiger partial charge in [0, 0.05) is 30.2 Å². The van der Waals surface area contributed by atoms with Gasteiger partial charge in [0.05, 0.1) is 6.54 Å². The summed E-state index contributed by atoms with van der Waals surface area (Å²) in [7, 11) is 0. The van der Waals surface area contributed by atoms with Crippen molar-refractivity contribution in [3.63, 3.8) is 0 Å². The monoisotopic (exact) mass is 385 g/mol. The van der Waals surface area contributed by atoms with Gasteiger partial charge < -0.3 is 0 Å². The van der Waals surface area contributed by atoms with Gasteiger partial charge in [-0.15, -0.1) is 4.57 Å². The van der Waals surface area contributed by atoms with Crippen LogP contribution in [-0.4, -0.2) is 10.5 Å². The number of hydrogen-bond acceptors (Lipinski definition) is 1. The summed E-state index contributed by atoms with van der Waals surface area (Å²) in [5, 5.41) is 0. The zero-order valence-corrected chi connectivity index (χ0v) is 16.3. The van der Waals surface area contributed by atoms with E-state index in [1.807, 2.05) is 66.3 Å². The van der Waals surface area contributed by atoms with Crippen molar-refractivity contribution in [2.24, 2.45) is 5.92 Å². The summed E-state index contributed by atoms with van der Waals surface area (Å²) in [5.74, 6) is 0.453. The molecule has 0 saturated carbocycles. The molecule has 1 aliphatic rings. The Balaban J connectivity index is 1.39. The highest BCUT2D eigenvalue weighted by atomic mass is 16.2. The number of nitrogens with zero attached hydrogens (tertiary/aromatic N) is 4. The van der Waals surface area contributed by atoms with Crippen LogP contribution >= 0.6 is 0 Å². The van der Waals surface area contributed by atoms with Crippen molar-refractivity contribution < 1.29 is 18.5 Å². The maximum absolute atomic E-state index is 12.6. The first-order chi connectivity index (χ1) is 14.2. The second-order valence-electron chi connectivity index (χ2n) is 7.18. The van der Waals surface area contributed by atoms with Crippen LogP contribution in [0.5, 0.6) is 0 Å². The number of rotatable bonds is 7. The Kier molecular flexibility index (Phi) is 5.56. The standard InChI is InChI=1S/C24H25N4O/c1-2-11-25-12-7-22(8-13-25)23-9-14-28(15-10-23)24(29)19-27-17-16-26(20-27)18-21-5-3-4-6-21/h2-10,12-17,20-21H,1,11,18-19H2/q+3. The van der Waals surface area contributed by atoms with Crippen LogP contribution < -0.4 is 13.7 Å². The maximum Gasteiger partial charge on any atom is 0.433 e. The minimum atomic E-state index is 0.0249. The first-order valence-corrected chi connectivity index (χ1v) is 9.76. The summed E-state index contributed by atoms with van der Waals surface area (Å²) < 4.78 is 7.73. The predicted molar refractivity (Wildman–Crippen MR) is 109 cm³/mol. The van der Waals surface area contributed by atoms with Crippen molar-refractivity contribution in [2.75, 3.05) is 0 Å². The molecule has 5 heteroatoms. The number of carbonyl (C=O) groups excluding carboxylic acids is 1. The summed E-state index contributed by atoms with van der Waals surface area (Å²) in [5.41, 5.74) is 2.20. The Hall–Kier alpha value is -3.60. The summed E-state index contributed by atoms with van der Waals surface area (Å²) in [6.45, 7) is 5.74. The van der Waals surface area contributed by atoms with Crippen LogP contribution in [0.1, 0.15) is 4.79 Å². The third-order valence-electron chi connectivity index (χ3n) is 5.00. The fraction of sp³-hybridized carbons (Fsp3) is 0.167. The zero-order chi connectivity index (χ0) is 20.1. The van der Waals surface area contributed by atoms with Crippen molar-refractivity contribution in [3.05, 3.63) is 105 Å². The minimum absolute atomic E-state index is 0.0249. The first-order valence-electron chi connectivity index (χ1n) is 9.76. The fourth-order valence-electron chi connectivity index (χ4n) is 3.43. The van der Waals surface area contributed by atoms with Gasteiger partial charge in [0.15, 0.2) is 31.3 Å². The quantitative estimate of drug-likeness (QED) is 0.454. The second kappa shape index (κ2) is 8.61. The smallest absolute Gasteiger partial charge is 0.236 e. The van der Waals surface area contributed by atoms with Crippen molar-refractivity contribution in [1.29, 1.82) is 0 Å². The van der Waals surface area contributed by atoms with Gasteiger partial charge in [0.1, 0.15) is 12.4 Å². The number of aromatic nitrogens is 4. The lowest BCUT2D eigenvalue weighted by Crippen LogP contribution is -2.50. The Bertz CT molecular complexity index is 1050. The largest absolute Gasteiger partial charge is 0.433 e. The Labute approximate surface area is 170 Å². The molecule has 0 amide bonds. The molecule has 1 aliphatic carbocycles. The van der Waals surface area contributed by atoms with Gasteiger partial charge in [-0.25, -0.2) is 18.5 Å². The molecule has 29 heavy (non-hydrogen) atoms. The minimum Gasteiger partial charge on any atom is -0.236 e. The van der Waals surface area contributed by atoms with Gasteiger partial charge >= 0.3 is 5.91 Å². The highest BCUT2D eigenvalue weighted by Gasteiger charge is 2.19. The lowest BCUT2D eigenvalue weighted by Gasteiger charge is -2.00. The molecule has 144 valence electrons. The molecule has 3 aromatic heterocycles. The molecule has 3 aromatic rings. The van der Waals surface area contributed by atoms with Gasteiger partial charge in [-0.3, -0.25) is 0 Å². The molecule has 0 atom stereocenters. The zero-order valence-electron chi connectivity index (χ0n) is 16.3. The topological polar surface area (TPSA) is 33.6 Å². The van der Waals surface area contributed by atoms with E-state index in [4.69, 9.17) is 0 Å². The summed E-state index contributed by atoms with van der Waals surface area (Å²) >= 11 is 0. The van der Waals surface area contributed by atoms with E-state index in [1.165, 1.54) is 0 Å². The SMILES string of the molecule is C=CC[n+]1ccc(-c2cc[n+](C(=O)C[n+]3ccn(CC4C=CC=C4)c3)cc2)cc1. The predicted octanol–water partition coefficient (Wildman–Crippen LogP) is 2.29. The molecule has 0 saturated heterocycles. The maximum atomic E-state index is 12.6. The number of allylic oxidation sites excluding steroid dienone is 5. The highest BCUT2D eigenvalue weighted by molar-refractivity contribution is 5.66. The van der Waals surface area contributed by atoms with Gasteiger partial charge in [0.2, 0.25) is 12.9 Å². The number of hydrogen-bond donors (Lipinski definition) is 0. The molecule has 0 aliphatic heterocycles. The summed E-state index contributed by atoms with van der Waals surface area (Å²) in [6.07, 6.45) is 24.0. The van der Waals surface area contributed by atoms with E-state index in [1.54, 1.807) is 4.57 Å². The lowest BCUT2D eigenvalue weighted by atomic mass is 10.1. The van der Waals surface area contributed by atoms with Gasteiger partial charge in [0.25, 0.3) is 0 Å². The molecule has 0 spiro atoms. The molecular formula is C24H25N4O+3. The third-order valence-corrected chi connectivity index (χ3v) is 5.00. The normalized spacial score (nSPS) is 13.1. The average molecular weight is 385 g/mol. The van der Waals surface area contributed by atoms with Crippen LogP contribution in [0, 0.1) is 5.92 Å². The Morgan fingerprint density at radius 3 is 2.28 bits per heavy atom. The molecule has 0 radical (unpaired) electrons. The first kappa shape index (κ1) is 18.7. The van der Waals surface area contributed by atoms with Crippen LogP contribution in [0.25, 0.3) is 11.1 Å². The van der Waals surface area contributed by atoms with E-state index in [2.05, 4.69) is 52.1 Å². The van der Waals surface area contributed by atoms with Crippen LogP contribution in [-0.2, 0) is 19.6 Å². The molecule has 0 N–H and O–H groups in total. The lowest BCUT2D eigenvalue weighted by molar-refractivity contribution is -0.704. The number of pyridine rings is 2. The van der Waals surface area contributed by atoms with Crippen molar-refractivity contribution in [1.82, 2.24) is 4.57 Å². The fourth-order valence-corrected chi connectivity index (χ4v) is 3.43. The number of carbonyl (C=O) groups is 1. The van der Waals surface area contributed by atoms with Crippen LogP contribution in [0.2, 0.25) is 0 Å². The summed E-state index contributed by atoms with van der Waals surface area (Å²) in [6, 6.07) is 8.08. The Morgan fingerprint density at radius 2 is 1.62 bits per heavy atom. The van der Waals surface area contributed by atoms with Crippen LogP contribution in [0.15, 0.2) is 105 Å². The van der Waals surface area contributed by atoms with Crippen molar-refractivity contribution >= 4 is 5.91 Å². The van der Waals surface area contributed by atoms with Gasteiger partial charge in [-0.2, -0.15) is 0 Å². The molecule has 5 nitrogen and oxygen atoms in total. The molecule has 0 unspecified atom stereocenters. The molecule has 4 rings (SSSR count). The van der Waals surface area contributed by atoms with Gasteiger partial charge in [-0.1, -0.05) is 30.9 Å². The van der Waals surface area contributed by atoms with E-state index in [0.29, 0.717) is 12.5 Å². The third kappa shape index (κ3) is 4.63. The summed E-state index contributed by atoms with van der Waals surface area (Å²) in [4.78, 5) is 12.6. The molecule has 0 aromatic carbocycles. The van der Waals surface area contributed by atoms with E-state index in [9.17, 15) is 4.79 Å². The number of imidazole rings is 1. The van der Waals surface area contributed by atoms with Gasteiger partial charge in [-0.05, 0) is 17.2 Å². The average Bonchev–Trinajstić information content (AvgIpc) is 3.41. The second-order valence-corrected chi connectivity index (χ2v) is 7.18. The van der Waals surface area contributed by atoms with Crippen molar-refractivity contribution in [2.45, 2.75) is 19.6 Å². The van der Waals surface area contributed by atoms with Crippen LogP contribution in [0.4, 0.5) is 0 Å². The van der Waals surface area contributed by atoms with E-state index >= 15 is 0 Å². The molecule has 0 bridgehead atoms. The highest BCUT2D eigenvalue weighted by Crippen LogP contribution is 2.15. The van der Waals surface area contributed by atoms with E-state index in [0.717, 1.165) is 24.2 Å². The van der Waals surface area contributed by atoms with E-state index < -0.39 is 0 Å². The Morgan fingerprint density at radius 1 is 0.966 bits per heavy atom.